The van der Waals surface area contributed by atoms with Crippen molar-refractivity contribution in [2.45, 2.75) is 13.3 Å². The molecule has 0 aliphatic rings. The largest absolute Gasteiger partial charge is 0.497 e. The summed E-state index contributed by atoms with van der Waals surface area (Å²) in [4.78, 5) is 12.5. The molecule has 0 saturated heterocycles. The van der Waals surface area contributed by atoms with Crippen molar-refractivity contribution in [3.05, 3.63) is 29.5 Å². The van der Waals surface area contributed by atoms with E-state index >= 15 is 0 Å². The van der Waals surface area contributed by atoms with E-state index in [1.165, 1.54) is 0 Å². The van der Waals surface area contributed by atoms with Crippen molar-refractivity contribution in [3.63, 3.8) is 0 Å². The Bertz CT molecular complexity index is 674. The van der Waals surface area contributed by atoms with Crippen LogP contribution in [0.5, 0.6) is 11.5 Å². The second-order valence-electron chi connectivity index (χ2n) is 5.18. The molecular weight excluding hydrogens is 312 g/mol. The van der Waals surface area contributed by atoms with Crippen molar-refractivity contribution in [2.75, 3.05) is 34.5 Å². The number of aryl methyl sites for hydroxylation is 1. The first-order valence-corrected chi connectivity index (χ1v) is 7.57. The van der Waals surface area contributed by atoms with Crippen molar-refractivity contribution < 1.29 is 23.5 Å². The van der Waals surface area contributed by atoms with E-state index in [0.29, 0.717) is 47.2 Å². The van der Waals surface area contributed by atoms with Crippen LogP contribution in [0.1, 0.15) is 22.5 Å². The Kier molecular flexibility index (Phi) is 6.20. The van der Waals surface area contributed by atoms with Gasteiger partial charge in [0.1, 0.15) is 17.1 Å². The number of amides is 1. The molecule has 0 atom stereocenters. The first-order chi connectivity index (χ1) is 11.6. The van der Waals surface area contributed by atoms with Gasteiger partial charge in [-0.1, -0.05) is 5.16 Å². The van der Waals surface area contributed by atoms with Crippen molar-refractivity contribution in [3.8, 4) is 22.8 Å². The van der Waals surface area contributed by atoms with Gasteiger partial charge in [-0.25, -0.2) is 0 Å². The molecule has 1 amide bonds. The molecule has 1 N–H and O–H groups in total. The third kappa shape index (κ3) is 4.05. The summed E-state index contributed by atoms with van der Waals surface area (Å²) >= 11 is 0. The van der Waals surface area contributed by atoms with Gasteiger partial charge in [0.05, 0.1) is 19.9 Å². The van der Waals surface area contributed by atoms with Gasteiger partial charge in [0.25, 0.3) is 5.91 Å². The number of rotatable bonds is 8. The molecule has 1 aromatic heterocycles. The Morgan fingerprint density at radius 3 is 2.42 bits per heavy atom. The van der Waals surface area contributed by atoms with Crippen LogP contribution in [0, 0.1) is 6.92 Å². The normalized spacial score (nSPS) is 10.5. The Morgan fingerprint density at radius 2 is 1.83 bits per heavy atom. The molecule has 0 aliphatic heterocycles. The first-order valence-electron chi connectivity index (χ1n) is 7.57. The summed E-state index contributed by atoms with van der Waals surface area (Å²) in [5.74, 6) is 1.35. The van der Waals surface area contributed by atoms with E-state index in [-0.39, 0.29) is 5.91 Å². The fourth-order valence-corrected chi connectivity index (χ4v) is 2.28. The molecule has 1 aromatic carbocycles. The molecular formula is C17H22N2O5. The zero-order valence-electron chi connectivity index (χ0n) is 14.3. The van der Waals surface area contributed by atoms with E-state index in [0.717, 1.165) is 6.42 Å². The van der Waals surface area contributed by atoms with Crippen LogP contribution in [0.15, 0.2) is 22.7 Å². The quantitative estimate of drug-likeness (QED) is 0.747. The second kappa shape index (κ2) is 8.35. The van der Waals surface area contributed by atoms with Crippen LogP contribution >= 0.6 is 0 Å². The molecule has 0 aliphatic carbocycles. The van der Waals surface area contributed by atoms with Crippen molar-refractivity contribution in [2.24, 2.45) is 0 Å². The van der Waals surface area contributed by atoms with Gasteiger partial charge in [-0.05, 0) is 25.5 Å². The van der Waals surface area contributed by atoms with Gasteiger partial charge in [-0.2, -0.15) is 0 Å². The summed E-state index contributed by atoms with van der Waals surface area (Å²) in [5, 5.41) is 6.77. The number of nitrogens with one attached hydrogen (secondary N) is 1. The zero-order chi connectivity index (χ0) is 17.5. The SMILES string of the molecule is COCCCNC(=O)c1c(C)noc1-c1cc(OC)cc(OC)c1. The highest BCUT2D eigenvalue weighted by atomic mass is 16.5. The van der Waals surface area contributed by atoms with Crippen molar-refractivity contribution in [1.82, 2.24) is 10.5 Å². The molecule has 2 aromatic rings. The zero-order valence-corrected chi connectivity index (χ0v) is 14.3. The van der Waals surface area contributed by atoms with Gasteiger partial charge >= 0.3 is 0 Å². The van der Waals surface area contributed by atoms with Gasteiger partial charge in [0.2, 0.25) is 0 Å². The molecule has 7 nitrogen and oxygen atoms in total. The third-order valence-corrected chi connectivity index (χ3v) is 3.51. The monoisotopic (exact) mass is 334 g/mol. The molecule has 2 rings (SSSR count). The van der Waals surface area contributed by atoms with E-state index in [2.05, 4.69) is 10.5 Å². The van der Waals surface area contributed by atoms with E-state index in [9.17, 15) is 4.79 Å². The topological polar surface area (TPSA) is 82.8 Å². The summed E-state index contributed by atoms with van der Waals surface area (Å²) in [6, 6.07) is 5.28. The van der Waals surface area contributed by atoms with Crippen LogP contribution in [-0.2, 0) is 4.74 Å². The van der Waals surface area contributed by atoms with Gasteiger partial charge in [-0.15, -0.1) is 0 Å². The molecule has 7 heteroatoms. The molecule has 0 spiro atoms. The average Bonchev–Trinajstić information content (AvgIpc) is 2.99. The lowest BCUT2D eigenvalue weighted by molar-refractivity contribution is 0.0948. The Balaban J connectivity index is 2.31. The summed E-state index contributed by atoms with van der Waals surface area (Å²) in [6.07, 6.45) is 0.731. The minimum Gasteiger partial charge on any atom is -0.497 e. The predicted octanol–water partition coefficient (Wildman–Crippen LogP) is 2.43. The number of aromatic nitrogens is 1. The van der Waals surface area contributed by atoms with Crippen LogP contribution in [0.25, 0.3) is 11.3 Å². The number of carbonyl (C=O) groups is 1. The minimum absolute atomic E-state index is 0.235. The summed E-state index contributed by atoms with van der Waals surface area (Å²) < 4.78 is 20.9. The summed E-state index contributed by atoms with van der Waals surface area (Å²) in [5.41, 5.74) is 1.59. The molecule has 1 heterocycles. The lowest BCUT2D eigenvalue weighted by Gasteiger charge is -2.08. The fraction of sp³-hybridized carbons (Fsp3) is 0.412. The Hall–Kier alpha value is -2.54. The fourth-order valence-electron chi connectivity index (χ4n) is 2.28. The highest BCUT2D eigenvalue weighted by Gasteiger charge is 2.22. The summed E-state index contributed by atoms with van der Waals surface area (Å²) in [6.45, 7) is 2.83. The van der Waals surface area contributed by atoms with E-state index < -0.39 is 0 Å². The molecule has 24 heavy (non-hydrogen) atoms. The second-order valence-corrected chi connectivity index (χ2v) is 5.18. The van der Waals surface area contributed by atoms with Gasteiger partial charge in [0.15, 0.2) is 5.76 Å². The molecule has 0 unspecified atom stereocenters. The summed E-state index contributed by atoms with van der Waals surface area (Å²) in [7, 11) is 4.75. The molecule has 130 valence electrons. The van der Waals surface area contributed by atoms with Gasteiger partial charge < -0.3 is 24.1 Å². The lowest BCUT2D eigenvalue weighted by atomic mass is 10.1. The number of nitrogens with zero attached hydrogens (tertiary/aromatic N) is 1. The Labute approximate surface area is 140 Å². The number of ether oxygens (including phenoxy) is 3. The average molecular weight is 334 g/mol. The van der Waals surface area contributed by atoms with Gasteiger partial charge in [-0.3, -0.25) is 4.79 Å². The van der Waals surface area contributed by atoms with Crippen molar-refractivity contribution >= 4 is 5.91 Å². The minimum atomic E-state index is -0.235. The number of hydrogen-bond acceptors (Lipinski definition) is 6. The van der Waals surface area contributed by atoms with Crippen LogP contribution in [-0.4, -0.2) is 45.5 Å². The number of benzene rings is 1. The van der Waals surface area contributed by atoms with Crippen molar-refractivity contribution in [1.29, 1.82) is 0 Å². The molecule has 0 bridgehead atoms. The number of carbonyl (C=O) groups excluding carboxylic acids is 1. The maximum atomic E-state index is 12.5. The number of hydrogen-bond donors (Lipinski definition) is 1. The maximum absolute atomic E-state index is 12.5. The first kappa shape index (κ1) is 17.8. The van der Waals surface area contributed by atoms with Crippen LogP contribution < -0.4 is 14.8 Å². The van der Waals surface area contributed by atoms with Crippen LogP contribution in [0.2, 0.25) is 0 Å². The van der Waals surface area contributed by atoms with Gasteiger partial charge in [0, 0.05) is 31.9 Å². The standard InChI is InChI=1S/C17H22N2O5/c1-11-15(17(20)18-6-5-7-21-2)16(24-19-11)12-8-13(22-3)10-14(9-12)23-4/h8-10H,5-7H2,1-4H3,(H,18,20). The predicted molar refractivity (Wildman–Crippen MR) is 88.6 cm³/mol. The molecule has 0 saturated carbocycles. The van der Waals surface area contributed by atoms with E-state index in [1.807, 2.05) is 0 Å². The highest BCUT2D eigenvalue weighted by molar-refractivity contribution is 6.00. The van der Waals surface area contributed by atoms with Crippen LogP contribution in [0.4, 0.5) is 0 Å². The Morgan fingerprint density at radius 1 is 1.17 bits per heavy atom. The maximum Gasteiger partial charge on any atom is 0.257 e. The number of methoxy groups -OCH3 is 3. The smallest absolute Gasteiger partial charge is 0.257 e. The highest BCUT2D eigenvalue weighted by Crippen LogP contribution is 2.32. The van der Waals surface area contributed by atoms with Crippen LogP contribution in [0.3, 0.4) is 0 Å². The van der Waals surface area contributed by atoms with E-state index in [4.69, 9.17) is 18.7 Å². The lowest BCUT2D eigenvalue weighted by Crippen LogP contribution is -2.26. The molecule has 0 radical (unpaired) electrons. The third-order valence-electron chi connectivity index (χ3n) is 3.51. The van der Waals surface area contributed by atoms with E-state index in [1.54, 1.807) is 46.5 Å². The molecule has 0 fully saturated rings.